The molecule has 0 aliphatic carbocycles. The molecule has 1 radical (unpaired) electrons. The number of ketones is 2. The summed E-state index contributed by atoms with van der Waals surface area (Å²) in [5.41, 5.74) is 5.09. The third-order valence-corrected chi connectivity index (χ3v) is 8.85. The lowest BCUT2D eigenvalue weighted by Crippen LogP contribution is -2.65. The number of amides is 3. The van der Waals surface area contributed by atoms with Gasteiger partial charge in [-0.25, -0.2) is 0 Å². The number of phenolic OH excluding ortho intramolecular Hbond substituents is 1. The number of Topliss-reactive ketones (excluding diaryl/α,β-unsaturated/α-hetero) is 2. The number of nitrogens with zero attached hydrogens (tertiary/aromatic N) is 3. The van der Waals surface area contributed by atoms with E-state index in [1.54, 1.807) is 36.7 Å². The molecule has 6 rings (SSSR count). The zero-order chi connectivity index (χ0) is 29.6. The molecule has 5 unspecified atom stereocenters. The summed E-state index contributed by atoms with van der Waals surface area (Å²) in [4.78, 5) is 74.5. The van der Waals surface area contributed by atoms with Gasteiger partial charge in [-0.1, -0.05) is 12.1 Å². The van der Waals surface area contributed by atoms with Gasteiger partial charge in [0, 0.05) is 25.5 Å². The van der Waals surface area contributed by atoms with Gasteiger partial charge in [-0.15, -0.1) is 0 Å². The van der Waals surface area contributed by atoms with Crippen LogP contribution in [0.1, 0.15) is 24.0 Å². The summed E-state index contributed by atoms with van der Waals surface area (Å²) in [6.45, 7) is -0.120. The number of benzene rings is 1. The summed E-state index contributed by atoms with van der Waals surface area (Å²) in [6, 6.07) is 9.03. The van der Waals surface area contributed by atoms with Crippen LogP contribution < -0.4 is 5.73 Å². The molecule has 219 valence electrons. The van der Waals surface area contributed by atoms with Gasteiger partial charge in [-0.3, -0.25) is 29.0 Å². The molecular weight excluding hydrogens is 544 g/mol. The largest absolute Gasteiger partial charge is 0.508 e. The molecule has 0 saturated carbocycles. The predicted molar refractivity (Wildman–Crippen MR) is 144 cm³/mol. The van der Waals surface area contributed by atoms with Crippen LogP contribution in [-0.4, -0.2) is 99.3 Å². The molecular formula is C30H31N4O8. The van der Waals surface area contributed by atoms with Gasteiger partial charge in [0.1, 0.15) is 25.0 Å². The number of likely N-dealkylation sites (tertiary alicyclic amines) is 2. The van der Waals surface area contributed by atoms with Crippen molar-refractivity contribution in [3.63, 3.8) is 0 Å². The van der Waals surface area contributed by atoms with Crippen LogP contribution in [0.2, 0.25) is 0 Å². The second-order valence-corrected chi connectivity index (χ2v) is 11.2. The number of hydrogen-bond donors (Lipinski definition) is 2. The summed E-state index contributed by atoms with van der Waals surface area (Å²) in [7, 11) is 0. The Hall–Kier alpha value is -4.16. The smallest absolute Gasteiger partial charge is 0.254 e. The zero-order valence-electron chi connectivity index (χ0n) is 22.8. The van der Waals surface area contributed by atoms with Gasteiger partial charge >= 0.3 is 0 Å². The first kappa shape index (κ1) is 28.0. The van der Waals surface area contributed by atoms with E-state index >= 15 is 0 Å². The summed E-state index contributed by atoms with van der Waals surface area (Å²) < 4.78 is 11.2. The summed E-state index contributed by atoms with van der Waals surface area (Å²) >= 11 is 0. The average Bonchev–Trinajstić information content (AvgIpc) is 3.74. The monoisotopic (exact) mass is 575 g/mol. The molecule has 0 spiro atoms. The molecule has 0 bridgehead atoms. The lowest BCUT2D eigenvalue weighted by Gasteiger charge is -2.38. The number of hydrogen-bond acceptors (Lipinski definition) is 9. The van der Waals surface area contributed by atoms with E-state index in [2.05, 4.69) is 4.98 Å². The van der Waals surface area contributed by atoms with E-state index in [1.165, 1.54) is 21.9 Å². The maximum absolute atomic E-state index is 14.6. The Bertz CT molecular complexity index is 1430. The second kappa shape index (κ2) is 10.9. The average molecular weight is 576 g/mol. The Morgan fingerprint density at radius 1 is 1.05 bits per heavy atom. The fourth-order valence-corrected chi connectivity index (χ4v) is 6.88. The van der Waals surface area contributed by atoms with Crippen molar-refractivity contribution in [2.75, 3.05) is 26.3 Å². The number of phenols is 1. The van der Waals surface area contributed by atoms with E-state index in [9.17, 15) is 29.1 Å². The fraction of sp³-hybridized carbons (Fsp3) is 0.433. The molecule has 1 aromatic heterocycles. The highest BCUT2D eigenvalue weighted by Gasteiger charge is 2.65. The maximum atomic E-state index is 14.6. The minimum atomic E-state index is -1.97. The maximum Gasteiger partial charge on any atom is 0.254 e. The Morgan fingerprint density at radius 2 is 1.83 bits per heavy atom. The first-order valence-corrected chi connectivity index (χ1v) is 14.0. The first-order chi connectivity index (χ1) is 20.2. The molecule has 4 aliphatic heterocycles. The number of rotatable bonds is 8. The van der Waals surface area contributed by atoms with E-state index in [1.807, 2.05) is 0 Å². The quantitative estimate of drug-likeness (QED) is 0.403. The van der Waals surface area contributed by atoms with E-state index in [0.717, 1.165) is 0 Å². The fourth-order valence-electron chi connectivity index (χ4n) is 6.88. The zero-order valence-corrected chi connectivity index (χ0v) is 22.8. The van der Waals surface area contributed by atoms with E-state index in [0.29, 0.717) is 17.5 Å². The van der Waals surface area contributed by atoms with Crippen molar-refractivity contribution in [3.05, 3.63) is 65.8 Å². The Balaban J connectivity index is 1.43. The molecule has 3 N–H and O–H groups in total. The van der Waals surface area contributed by atoms with Crippen LogP contribution in [0, 0.1) is 11.8 Å². The van der Waals surface area contributed by atoms with Crippen molar-refractivity contribution in [2.45, 2.75) is 49.5 Å². The summed E-state index contributed by atoms with van der Waals surface area (Å²) in [6.07, 6.45) is 2.61. The predicted octanol–water partition coefficient (Wildman–Crippen LogP) is -0.244. The molecule has 1 aromatic carbocycles. The van der Waals surface area contributed by atoms with Crippen molar-refractivity contribution in [3.8, 4) is 5.75 Å². The first-order valence-electron chi connectivity index (χ1n) is 14.0. The molecule has 4 fully saturated rings. The van der Waals surface area contributed by atoms with Gasteiger partial charge < -0.3 is 30.1 Å². The highest BCUT2D eigenvalue weighted by Crippen LogP contribution is 2.41. The number of primary amides is 1. The van der Waals surface area contributed by atoms with Crippen molar-refractivity contribution >= 4 is 29.3 Å². The van der Waals surface area contributed by atoms with Crippen LogP contribution in [0.4, 0.5) is 0 Å². The number of pyridine rings is 1. The number of carbonyl (C=O) groups is 5. The topological polar surface area (TPSA) is 169 Å². The SMILES string of the molecule is NC(=O)C12C(=O)COC1CCN2C(=O)C(Cc1cccc(O)c1)[C](Cc1ccncc1)C(=O)N1CCC2OCC(=O)C21. The number of aromatic hydroxyl groups is 1. The van der Waals surface area contributed by atoms with Crippen molar-refractivity contribution < 1.29 is 38.6 Å². The molecule has 2 aromatic rings. The normalized spacial score (nSPS) is 27.4. The lowest BCUT2D eigenvalue weighted by molar-refractivity contribution is -0.153. The van der Waals surface area contributed by atoms with Gasteiger partial charge in [0.15, 0.2) is 11.6 Å². The summed E-state index contributed by atoms with van der Waals surface area (Å²) in [5.74, 6) is -3.87. The number of aromatic nitrogens is 1. The van der Waals surface area contributed by atoms with Crippen LogP contribution in [-0.2, 0) is 46.3 Å². The Labute approximate surface area is 241 Å². The third-order valence-electron chi connectivity index (χ3n) is 8.85. The lowest BCUT2D eigenvalue weighted by atomic mass is 9.79. The van der Waals surface area contributed by atoms with Gasteiger partial charge in [-0.2, -0.15) is 0 Å². The number of nitrogens with two attached hydrogens (primary N) is 1. The van der Waals surface area contributed by atoms with Crippen LogP contribution >= 0.6 is 0 Å². The highest BCUT2D eigenvalue weighted by molar-refractivity contribution is 6.16. The second-order valence-electron chi connectivity index (χ2n) is 11.2. The molecule has 42 heavy (non-hydrogen) atoms. The molecule has 5 heterocycles. The molecule has 4 aliphatic rings. The number of carbonyl (C=O) groups excluding carboxylic acids is 5. The van der Waals surface area contributed by atoms with Gasteiger partial charge in [0.2, 0.25) is 17.4 Å². The standard InChI is InChI=1S/C30H31N4O8/c31-29(40)30-24(37)16-42-25(30)7-11-34(30)28(39)21(14-18-2-1-3-19(35)12-18)20(13-17-4-8-32-9-5-17)27(38)33-10-6-23-26(33)22(36)15-41-23/h1-5,8-9,12,21,23,25-26,35H,6-7,10-11,13-16H2,(H2,31,40). The van der Waals surface area contributed by atoms with Crippen LogP contribution in [0.3, 0.4) is 0 Å². The Kier molecular flexibility index (Phi) is 7.27. The molecule has 5 atom stereocenters. The number of ether oxygens (including phenoxy) is 2. The minimum absolute atomic E-state index is 0.0170. The van der Waals surface area contributed by atoms with Crippen molar-refractivity contribution in [2.24, 2.45) is 11.7 Å². The highest BCUT2D eigenvalue weighted by atomic mass is 16.5. The third kappa shape index (κ3) is 4.54. The molecule has 4 saturated heterocycles. The Morgan fingerprint density at radius 3 is 2.57 bits per heavy atom. The molecule has 12 nitrogen and oxygen atoms in total. The van der Waals surface area contributed by atoms with Crippen LogP contribution in [0.25, 0.3) is 0 Å². The minimum Gasteiger partial charge on any atom is -0.508 e. The summed E-state index contributed by atoms with van der Waals surface area (Å²) in [5, 5.41) is 10.2. The van der Waals surface area contributed by atoms with E-state index < -0.39 is 53.2 Å². The molecule has 3 amide bonds. The van der Waals surface area contributed by atoms with E-state index in [-0.39, 0.29) is 63.0 Å². The molecule has 12 heteroatoms. The van der Waals surface area contributed by atoms with E-state index in [4.69, 9.17) is 15.2 Å². The van der Waals surface area contributed by atoms with Crippen LogP contribution in [0.15, 0.2) is 48.8 Å². The van der Waals surface area contributed by atoms with Crippen molar-refractivity contribution in [1.29, 1.82) is 0 Å². The van der Waals surface area contributed by atoms with Crippen molar-refractivity contribution in [1.82, 2.24) is 14.8 Å². The van der Waals surface area contributed by atoms with Gasteiger partial charge in [0.05, 0.1) is 24.0 Å². The van der Waals surface area contributed by atoms with Gasteiger partial charge in [-0.05, 0) is 61.1 Å². The number of fused-ring (bicyclic) bond motifs is 2. The van der Waals surface area contributed by atoms with Crippen LogP contribution in [0.5, 0.6) is 5.75 Å². The van der Waals surface area contributed by atoms with Gasteiger partial charge in [0.25, 0.3) is 5.91 Å².